The van der Waals surface area contributed by atoms with Gasteiger partial charge in [0.05, 0.1) is 6.33 Å². The molecular weight excluding hydrogens is 396 g/mol. The first-order chi connectivity index (χ1) is 14.9. The van der Waals surface area contributed by atoms with Gasteiger partial charge in [-0.1, -0.05) is 0 Å². The zero-order valence-electron chi connectivity index (χ0n) is 18.5. The lowest BCUT2D eigenvalue weighted by Crippen LogP contribution is -2.50. The number of likely N-dealkylation sites (N-methyl/N-ethyl adjacent to an activating group) is 1. The topological polar surface area (TPSA) is 90.7 Å². The fraction of sp³-hybridized carbons (Fsp3) is 0.571. The molecule has 0 aromatic carbocycles. The van der Waals surface area contributed by atoms with E-state index in [0.717, 1.165) is 43.6 Å². The molecular formula is C21H30N8O2. The van der Waals surface area contributed by atoms with Gasteiger partial charge in [-0.25, -0.2) is 9.97 Å². The van der Waals surface area contributed by atoms with Crippen molar-refractivity contribution < 1.29 is 4.79 Å². The summed E-state index contributed by atoms with van der Waals surface area (Å²) in [5, 5.41) is 0. The molecule has 2 aromatic rings. The monoisotopic (exact) mass is 426 g/mol. The number of piperazine rings is 2. The number of rotatable bonds is 4. The number of hydrogen-bond acceptors (Lipinski definition) is 8. The first kappa shape index (κ1) is 21.2. The first-order valence-electron chi connectivity index (χ1n) is 10.7. The number of aromatic nitrogens is 4. The average molecular weight is 427 g/mol. The predicted molar refractivity (Wildman–Crippen MR) is 119 cm³/mol. The van der Waals surface area contributed by atoms with E-state index in [1.807, 2.05) is 13.0 Å². The minimum Gasteiger partial charge on any atom is -0.354 e. The molecule has 0 N–H and O–H groups in total. The molecule has 2 saturated heterocycles. The lowest BCUT2D eigenvalue weighted by molar-refractivity contribution is -0.132. The highest BCUT2D eigenvalue weighted by Gasteiger charge is 2.24. The van der Waals surface area contributed by atoms with Crippen molar-refractivity contribution in [2.75, 3.05) is 69.2 Å². The Balaban J connectivity index is 1.38. The highest BCUT2D eigenvalue weighted by Crippen LogP contribution is 2.20. The van der Waals surface area contributed by atoms with Gasteiger partial charge in [0.25, 0.3) is 5.56 Å². The number of anilines is 2. The number of hydrogen-bond donors (Lipinski definition) is 0. The lowest BCUT2D eigenvalue weighted by atomic mass is 10.3. The summed E-state index contributed by atoms with van der Waals surface area (Å²) < 4.78 is 1.35. The van der Waals surface area contributed by atoms with Gasteiger partial charge in [0.15, 0.2) is 0 Å². The van der Waals surface area contributed by atoms with Crippen molar-refractivity contribution >= 4 is 17.7 Å². The predicted octanol–water partition coefficient (Wildman–Crippen LogP) is -0.249. The van der Waals surface area contributed by atoms with E-state index in [4.69, 9.17) is 4.98 Å². The van der Waals surface area contributed by atoms with Crippen molar-refractivity contribution in [3.8, 4) is 0 Å². The second-order valence-electron chi connectivity index (χ2n) is 8.32. The summed E-state index contributed by atoms with van der Waals surface area (Å²) in [5.41, 5.74) is 1.39. The van der Waals surface area contributed by atoms with Gasteiger partial charge in [-0.3, -0.25) is 14.2 Å². The van der Waals surface area contributed by atoms with Crippen LogP contribution in [-0.2, 0) is 11.3 Å². The molecule has 0 aliphatic carbocycles. The van der Waals surface area contributed by atoms with Gasteiger partial charge in [0, 0.05) is 75.9 Å². The van der Waals surface area contributed by atoms with Crippen molar-refractivity contribution in [3.63, 3.8) is 0 Å². The first-order valence-corrected chi connectivity index (χ1v) is 10.7. The van der Waals surface area contributed by atoms with Crippen LogP contribution in [0, 0.1) is 13.8 Å². The maximum atomic E-state index is 12.7. The Bertz CT molecular complexity index is 991. The van der Waals surface area contributed by atoms with E-state index in [2.05, 4.69) is 31.7 Å². The maximum absolute atomic E-state index is 12.7. The molecule has 166 valence electrons. The minimum absolute atomic E-state index is 0.0145. The molecule has 0 unspecified atom stereocenters. The summed E-state index contributed by atoms with van der Waals surface area (Å²) in [5.74, 6) is 1.62. The molecule has 2 fully saturated rings. The van der Waals surface area contributed by atoms with Gasteiger partial charge in [-0.2, -0.15) is 4.98 Å². The molecule has 0 spiro atoms. The fourth-order valence-corrected chi connectivity index (χ4v) is 3.91. The van der Waals surface area contributed by atoms with Crippen LogP contribution >= 0.6 is 0 Å². The van der Waals surface area contributed by atoms with E-state index in [1.54, 1.807) is 11.8 Å². The minimum atomic E-state index is -0.205. The third-order valence-corrected chi connectivity index (χ3v) is 5.89. The van der Waals surface area contributed by atoms with Crippen LogP contribution in [0.1, 0.15) is 11.4 Å². The number of nitrogens with zero attached hydrogens (tertiary/aromatic N) is 8. The second-order valence-corrected chi connectivity index (χ2v) is 8.32. The van der Waals surface area contributed by atoms with Gasteiger partial charge in [-0.05, 0) is 20.9 Å². The third-order valence-electron chi connectivity index (χ3n) is 5.89. The van der Waals surface area contributed by atoms with Crippen LogP contribution in [-0.4, -0.2) is 94.6 Å². The SMILES string of the molecule is Cc1cc(=O)n(CC(=O)N2CCN(c3nc(C)cc(N4CCN(C)CC4)n3)CC2)cn1. The number of carbonyl (C=O) groups is 1. The molecule has 0 bridgehead atoms. The Hall–Kier alpha value is -3.01. The van der Waals surface area contributed by atoms with E-state index in [0.29, 0.717) is 31.9 Å². The standard InChI is InChI=1S/C21H30N8O2/c1-16-13-19(30)29(15-22-16)14-20(31)27-8-10-28(11-9-27)21-23-17(2)12-18(24-21)26-6-4-25(3)5-7-26/h12-13,15H,4-11,14H2,1-3H3. The average Bonchev–Trinajstić information content (AvgIpc) is 2.76. The summed E-state index contributed by atoms with van der Waals surface area (Å²) >= 11 is 0. The molecule has 10 heteroatoms. The highest BCUT2D eigenvalue weighted by atomic mass is 16.2. The maximum Gasteiger partial charge on any atom is 0.253 e. The highest BCUT2D eigenvalue weighted by molar-refractivity contribution is 5.76. The van der Waals surface area contributed by atoms with Gasteiger partial charge in [-0.15, -0.1) is 0 Å². The largest absolute Gasteiger partial charge is 0.354 e. The molecule has 4 rings (SSSR count). The van der Waals surface area contributed by atoms with Crippen LogP contribution in [0.2, 0.25) is 0 Å². The van der Waals surface area contributed by atoms with Crippen molar-refractivity contribution in [3.05, 3.63) is 40.2 Å². The molecule has 4 heterocycles. The molecule has 10 nitrogen and oxygen atoms in total. The zero-order chi connectivity index (χ0) is 22.0. The van der Waals surface area contributed by atoms with Crippen LogP contribution in [0.25, 0.3) is 0 Å². The summed E-state index contributed by atoms with van der Waals surface area (Å²) in [6.07, 6.45) is 1.44. The van der Waals surface area contributed by atoms with Crippen LogP contribution < -0.4 is 15.4 Å². The van der Waals surface area contributed by atoms with Crippen LogP contribution in [0.3, 0.4) is 0 Å². The number of carbonyl (C=O) groups excluding carboxylic acids is 1. The molecule has 0 saturated carbocycles. The molecule has 31 heavy (non-hydrogen) atoms. The lowest BCUT2D eigenvalue weighted by Gasteiger charge is -2.36. The van der Waals surface area contributed by atoms with Gasteiger partial charge < -0.3 is 19.6 Å². The summed E-state index contributed by atoms with van der Waals surface area (Å²) in [4.78, 5) is 46.8. The van der Waals surface area contributed by atoms with Crippen molar-refractivity contribution in [2.24, 2.45) is 0 Å². The summed E-state index contributed by atoms with van der Waals surface area (Å²) in [7, 11) is 2.14. The van der Waals surface area contributed by atoms with Gasteiger partial charge in [0.2, 0.25) is 11.9 Å². The van der Waals surface area contributed by atoms with Crippen LogP contribution in [0.5, 0.6) is 0 Å². The Morgan fingerprint density at radius 3 is 2.26 bits per heavy atom. The molecule has 0 atom stereocenters. The van der Waals surface area contributed by atoms with E-state index in [-0.39, 0.29) is 18.0 Å². The third kappa shape index (κ3) is 5.01. The Labute approximate surface area is 182 Å². The van der Waals surface area contributed by atoms with Gasteiger partial charge in [0.1, 0.15) is 12.4 Å². The van der Waals surface area contributed by atoms with Crippen molar-refractivity contribution in [1.82, 2.24) is 29.3 Å². The Morgan fingerprint density at radius 2 is 1.58 bits per heavy atom. The summed E-state index contributed by atoms with van der Waals surface area (Å²) in [6, 6.07) is 3.49. The van der Waals surface area contributed by atoms with Crippen LogP contribution in [0.15, 0.2) is 23.3 Å². The quantitative estimate of drug-likeness (QED) is 0.661. The second kappa shape index (κ2) is 9.01. The molecule has 2 aromatic heterocycles. The Kier molecular flexibility index (Phi) is 6.17. The normalized spacial score (nSPS) is 17.8. The van der Waals surface area contributed by atoms with Crippen molar-refractivity contribution in [1.29, 1.82) is 0 Å². The molecule has 0 radical (unpaired) electrons. The smallest absolute Gasteiger partial charge is 0.253 e. The van der Waals surface area contributed by atoms with E-state index in [9.17, 15) is 9.59 Å². The molecule has 1 amide bonds. The van der Waals surface area contributed by atoms with E-state index >= 15 is 0 Å². The fourth-order valence-electron chi connectivity index (χ4n) is 3.91. The summed E-state index contributed by atoms with van der Waals surface area (Å²) in [6.45, 7) is 10.2. The van der Waals surface area contributed by atoms with Gasteiger partial charge >= 0.3 is 0 Å². The molecule has 2 aliphatic heterocycles. The number of aryl methyl sites for hydroxylation is 2. The van der Waals surface area contributed by atoms with E-state index < -0.39 is 0 Å². The molecule has 2 aliphatic rings. The number of amides is 1. The van der Waals surface area contributed by atoms with Crippen LogP contribution in [0.4, 0.5) is 11.8 Å². The van der Waals surface area contributed by atoms with Crippen molar-refractivity contribution in [2.45, 2.75) is 20.4 Å². The Morgan fingerprint density at radius 1 is 0.903 bits per heavy atom. The zero-order valence-corrected chi connectivity index (χ0v) is 18.5. The van der Waals surface area contributed by atoms with E-state index in [1.165, 1.54) is 17.0 Å².